The van der Waals surface area contributed by atoms with Crippen LogP contribution < -0.4 is 10.2 Å². The quantitative estimate of drug-likeness (QED) is 0.194. The molecular formula is C31H33Cl3N4O5S2. The molecule has 45 heavy (non-hydrogen) atoms. The molecule has 2 aliphatic heterocycles. The number of halogens is 3. The van der Waals surface area contributed by atoms with Gasteiger partial charge in [0.1, 0.15) is 16.3 Å². The van der Waals surface area contributed by atoms with Crippen molar-refractivity contribution < 1.29 is 23.9 Å². The lowest BCUT2D eigenvalue weighted by atomic mass is 10.1. The molecule has 1 aromatic carbocycles. The van der Waals surface area contributed by atoms with Gasteiger partial charge in [-0.05, 0) is 65.3 Å². The highest BCUT2D eigenvalue weighted by Crippen LogP contribution is 2.45. The van der Waals surface area contributed by atoms with Gasteiger partial charge in [-0.1, -0.05) is 46.1 Å². The van der Waals surface area contributed by atoms with Crippen LogP contribution in [0.5, 0.6) is 0 Å². The zero-order valence-corrected chi connectivity index (χ0v) is 29.3. The molecule has 3 aromatic rings. The Morgan fingerprint density at radius 1 is 1.13 bits per heavy atom. The molecule has 2 saturated heterocycles. The average Bonchev–Trinajstić information content (AvgIpc) is 3.73. The average molecular weight is 712 g/mol. The Balaban J connectivity index is 1.38. The third-order valence-electron chi connectivity index (χ3n) is 7.39. The van der Waals surface area contributed by atoms with E-state index in [2.05, 4.69) is 10.2 Å². The number of hydrogen-bond donors (Lipinski definition) is 1. The third-order valence-corrected chi connectivity index (χ3v) is 10.3. The number of rotatable bonds is 7. The minimum atomic E-state index is -0.573. The Morgan fingerprint density at radius 2 is 1.84 bits per heavy atom. The highest BCUT2D eigenvalue weighted by molar-refractivity contribution is 7.21. The molecule has 1 N–H and O–H groups in total. The molecule has 5 rings (SSSR count). The summed E-state index contributed by atoms with van der Waals surface area (Å²) in [5.74, 6) is -0.628. The number of carbonyl (C=O) groups excluding carboxylic acids is 3. The van der Waals surface area contributed by atoms with Gasteiger partial charge in [-0.15, -0.1) is 11.3 Å². The van der Waals surface area contributed by atoms with Gasteiger partial charge in [0.25, 0.3) is 5.91 Å². The normalized spacial score (nSPS) is 18.3. The first kappa shape index (κ1) is 33.5. The number of thiophene rings is 1. The maximum Gasteiger partial charge on any atom is 0.410 e. The number of carbonyl (C=O) groups is 3. The molecule has 2 aliphatic rings. The second kappa shape index (κ2) is 13.5. The number of amides is 2. The van der Waals surface area contributed by atoms with Crippen LogP contribution in [-0.4, -0.2) is 65.7 Å². The summed E-state index contributed by atoms with van der Waals surface area (Å²) in [7, 11) is 0. The van der Waals surface area contributed by atoms with Crippen molar-refractivity contribution in [2.75, 3.05) is 36.5 Å². The van der Waals surface area contributed by atoms with Crippen LogP contribution in [0.25, 0.3) is 16.6 Å². The molecule has 2 aromatic heterocycles. The Kier molecular flexibility index (Phi) is 10.1. The molecule has 240 valence electrons. The van der Waals surface area contributed by atoms with E-state index in [4.69, 9.17) is 49.3 Å². The number of ether oxygens (including phenoxy) is 2. The number of nitrogens with one attached hydrogen (secondary N) is 1. The molecule has 9 nitrogen and oxygen atoms in total. The molecular weight excluding hydrogens is 679 g/mol. The van der Waals surface area contributed by atoms with Crippen LogP contribution in [0.4, 0.5) is 14.9 Å². The highest BCUT2D eigenvalue weighted by atomic mass is 35.5. The Morgan fingerprint density at radius 3 is 2.47 bits per heavy atom. The lowest BCUT2D eigenvalue weighted by Crippen LogP contribution is -2.42. The van der Waals surface area contributed by atoms with E-state index in [-0.39, 0.29) is 34.4 Å². The van der Waals surface area contributed by atoms with Crippen LogP contribution in [0.15, 0.2) is 29.2 Å². The van der Waals surface area contributed by atoms with Gasteiger partial charge >= 0.3 is 12.1 Å². The molecule has 0 radical (unpaired) electrons. The van der Waals surface area contributed by atoms with Crippen molar-refractivity contribution in [2.24, 2.45) is 5.92 Å². The predicted molar refractivity (Wildman–Crippen MR) is 182 cm³/mol. The fraction of sp³-hybridized carbons (Fsp3) is 0.419. The summed E-state index contributed by atoms with van der Waals surface area (Å²) >= 11 is 22.1. The van der Waals surface area contributed by atoms with Crippen molar-refractivity contribution in [3.63, 3.8) is 0 Å². The van der Waals surface area contributed by atoms with Crippen molar-refractivity contribution in [1.82, 2.24) is 9.88 Å². The molecule has 0 aliphatic carbocycles. The first-order valence-corrected chi connectivity index (χ1v) is 17.2. The number of esters is 1. The molecule has 0 saturated carbocycles. The van der Waals surface area contributed by atoms with Gasteiger partial charge in [-0.25, -0.2) is 14.6 Å². The van der Waals surface area contributed by atoms with Crippen LogP contribution in [0.1, 0.15) is 57.0 Å². The van der Waals surface area contributed by atoms with Crippen LogP contribution in [-0.2, 0) is 14.3 Å². The van der Waals surface area contributed by atoms with Gasteiger partial charge in [-0.3, -0.25) is 10.1 Å². The number of thiazole rings is 1. The second-order valence-corrected chi connectivity index (χ2v) is 15.0. The topological polar surface area (TPSA) is 101 Å². The summed E-state index contributed by atoms with van der Waals surface area (Å²) in [4.78, 5) is 48.1. The summed E-state index contributed by atoms with van der Waals surface area (Å²) < 4.78 is 10.7. The minimum absolute atomic E-state index is 0.0177. The second-order valence-electron chi connectivity index (χ2n) is 11.9. The molecule has 0 bridgehead atoms. The lowest BCUT2D eigenvalue weighted by Gasteiger charge is -2.28. The van der Waals surface area contributed by atoms with Gasteiger partial charge in [0, 0.05) is 47.6 Å². The smallest absolute Gasteiger partial charge is 0.410 e. The predicted octanol–water partition coefficient (Wildman–Crippen LogP) is 8.50. The largest absolute Gasteiger partial charge is 0.463 e. The number of fused-ring (bicyclic) bond motifs is 1. The van der Waals surface area contributed by atoms with Gasteiger partial charge in [-0.2, -0.15) is 0 Å². The first-order valence-electron chi connectivity index (χ1n) is 14.4. The number of anilines is 2. The van der Waals surface area contributed by atoms with Crippen LogP contribution in [0, 0.1) is 5.92 Å². The number of likely N-dealkylation sites (tertiary alicyclic amines) is 1. The number of nitrogens with zero attached hydrogens (tertiary/aromatic N) is 3. The van der Waals surface area contributed by atoms with Crippen molar-refractivity contribution in [2.45, 2.75) is 52.7 Å². The number of aromatic nitrogens is 1. The highest BCUT2D eigenvalue weighted by Gasteiger charge is 2.45. The van der Waals surface area contributed by atoms with Gasteiger partial charge in [0.2, 0.25) is 0 Å². The van der Waals surface area contributed by atoms with Crippen molar-refractivity contribution in [3.05, 3.63) is 55.3 Å². The standard InChI is InChI=1S/C31H33Cl3N4O5S2/c1-6-42-28(40)16(2)9-20-21(33)10-18(11-22(20)34)26(39)36-29-35-25(24-12-19(32)15-44-24)27(45-29)37-13-17-7-8-38(23(17)14-37)30(41)43-31(3,4)5/h9-12,15,17,23H,6-8,13-14H2,1-5H3,(H,35,36,39)/b16-9+. The summed E-state index contributed by atoms with van der Waals surface area (Å²) in [6.07, 6.45) is 2.12. The third kappa shape index (κ3) is 7.60. The molecule has 4 heterocycles. The van der Waals surface area contributed by atoms with E-state index in [9.17, 15) is 14.4 Å². The summed E-state index contributed by atoms with van der Waals surface area (Å²) in [5, 5.41) is 7.03. The fourth-order valence-electron chi connectivity index (χ4n) is 5.40. The summed E-state index contributed by atoms with van der Waals surface area (Å²) in [6, 6.07) is 4.86. The number of benzene rings is 1. The van der Waals surface area contributed by atoms with E-state index in [1.807, 2.05) is 37.1 Å². The van der Waals surface area contributed by atoms with Crippen molar-refractivity contribution in [3.8, 4) is 10.6 Å². The monoisotopic (exact) mass is 710 g/mol. The Labute approximate surface area is 285 Å². The lowest BCUT2D eigenvalue weighted by molar-refractivity contribution is -0.138. The SMILES string of the molecule is CCOC(=O)/C(C)=C/c1c(Cl)cc(C(=O)Nc2nc(-c3cc(Cl)cs3)c(N3CC4CCN(C(=O)OC(C)(C)C)C4C3)s2)cc1Cl. The van der Waals surface area contributed by atoms with Crippen molar-refractivity contribution in [1.29, 1.82) is 0 Å². The molecule has 14 heteroatoms. The Hall–Kier alpha value is -2.83. The minimum Gasteiger partial charge on any atom is -0.463 e. The zero-order valence-electron chi connectivity index (χ0n) is 25.4. The molecule has 2 fully saturated rings. The van der Waals surface area contributed by atoms with E-state index in [1.54, 1.807) is 13.8 Å². The molecule has 2 unspecified atom stereocenters. The summed E-state index contributed by atoms with van der Waals surface area (Å²) in [5.41, 5.74) is 1.11. The van der Waals surface area contributed by atoms with E-state index in [1.165, 1.54) is 40.9 Å². The molecule has 2 atom stereocenters. The first-order chi connectivity index (χ1) is 21.2. The van der Waals surface area contributed by atoms with E-state index >= 15 is 0 Å². The van der Waals surface area contributed by atoms with Crippen LogP contribution >= 0.6 is 57.5 Å². The van der Waals surface area contributed by atoms with E-state index in [0.29, 0.717) is 46.0 Å². The maximum atomic E-state index is 13.4. The van der Waals surface area contributed by atoms with Gasteiger partial charge in [0.05, 0.1) is 32.6 Å². The zero-order chi connectivity index (χ0) is 32.6. The number of hydrogen-bond acceptors (Lipinski definition) is 9. The maximum absolute atomic E-state index is 13.4. The molecule has 0 spiro atoms. The fourth-order valence-corrected chi connectivity index (χ4v) is 8.11. The van der Waals surface area contributed by atoms with Gasteiger partial charge in [0.15, 0.2) is 5.13 Å². The Bertz CT molecular complexity index is 1640. The van der Waals surface area contributed by atoms with Crippen LogP contribution in [0.3, 0.4) is 0 Å². The molecule has 2 amide bonds. The van der Waals surface area contributed by atoms with E-state index < -0.39 is 17.5 Å². The summed E-state index contributed by atoms with van der Waals surface area (Å²) in [6.45, 7) is 11.2. The van der Waals surface area contributed by atoms with Crippen LogP contribution in [0.2, 0.25) is 15.1 Å². The van der Waals surface area contributed by atoms with Gasteiger partial charge < -0.3 is 19.3 Å². The van der Waals surface area contributed by atoms with E-state index in [0.717, 1.165) is 22.8 Å². The van der Waals surface area contributed by atoms with Crippen molar-refractivity contribution >= 4 is 91.7 Å².